The predicted molar refractivity (Wildman–Crippen MR) is 101 cm³/mol. The molecule has 2 aromatic rings. The summed E-state index contributed by atoms with van der Waals surface area (Å²) in [6.07, 6.45) is 1.84. The highest BCUT2D eigenvalue weighted by Crippen LogP contribution is 2.15. The molecule has 1 aromatic carbocycles. The Morgan fingerprint density at radius 2 is 2.15 bits per heavy atom. The fourth-order valence-corrected chi connectivity index (χ4v) is 2.81. The Morgan fingerprint density at radius 3 is 2.77 bits per heavy atom. The van der Waals surface area contributed by atoms with Gasteiger partial charge in [0.2, 0.25) is 0 Å². The van der Waals surface area contributed by atoms with Crippen LogP contribution in [-0.4, -0.2) is 53.4 Å². The summed E-state index contributed by atoms with van der Waals surface area (Å²) in [5.41, 5.74) is 7.18. The fourth-order valence-electron chi connectivity index (χ4n) is 2.81. The van der Waals surface area contributed by atoms with Gasteiger partial charge in [0.1, 0.15) is 0 Å². The molecule has 0 radical (unpaired) electrons. The molecule has 5 N–H and O–H groups in total. The number of aliphatic imine (C=N–C) groups is 1. The largest absolute Gasteiger partial charge is 0.377 e. The highest BCUT2D eigenvalue weighted by atomic mass is 16.5. The second-order valence-corrected chi connectivity index (χ2v) is 6.05. The SMILES string of the molecule is C[C@@H]1COCCN1C(=NC(=N)c1ccc(NC(N)=O)cc1)c1ccc[nH]1. The molecule has 1 fully saturated rings. The van der Waals surface area contributed by atoms with Crippen molar-refractivity contribution in [2.75, 3.05) is 25.1 Å². The second kappa shape index (κ2) is 7.83. The van der Waals surface area contributed by atoms with Gasteiger partial charge in [-0.15, -0.1) is 0 Å². The maximum Gasteiger partial charge on any atom is 0.316 e. The van der Waals surface area contributed by atoms with Crippen molar-refractivity contribution >= 4 is 23.4 Å². The first-order valence-electron chi connectivity index (χ1n) is 8.37. The fraction of sp³-hybridized carbons (Fsp3) is 0.278. The van der Waals surface area contributed by atoms with E-state index in [0.717, 1.165) is 11.5 Å². The average molecular weight is 354 g/mol. The van der Waals surface area contributed by atoms with Crippen LogP contribution < -0.4 is 11.1 Å². The van der Waals surface area contributed by atoms with Crippen molar-refractivity contribution in [2.24, 2.45) is 10.7 Å². The van der Waals surface area contributed by atoms with Gasteiger partial charge < -0.3 is 25.7 Å². The smallest absolute Gasteiger partial charge is 0.316 e. The lowest BCUT2D eigenvalue weighted by atomic mass is 10.2. The topological polar surface area (TPSA) is 120 Å². The maximum atomic E-state index is 10.9. The molecule has 136 valence electrons. The molecule has 0 spiro atoms. The van der Waals surface area contributed by atoms with Crippen LogP contribution in [0.25, 0.3) is 0 Å². The number of aromatic amines is 1. The van der Waals surface area contributed by atoms with Crippen molar-refractivity contribution in [3.05, 3.63) is 53.9 Å². The monoisotopic (exact) mass is 354 g/mol. The molecule has 1 atom stereocenters. The van der Waals surface area contributed by atoms with E-state index in [0.29, 0.717) is 31.0 Å². The molecule has 2 amide bonds. The van der Waals surface area contributed by atoms with Gasteiger partial charge in [-0.05, 0) is 43.3 Å². The molecule has 8 heteroatoms. The van der Waals surface area contributed by atoms with E-state index in [4.69, 9.17) is 15.9 Å². The maximum absolute atomic E-state index is 10.9. The number of amidine groups is 2. The third-order valence-corrected chi connectivity index (χ3v) is 4.12. The van der Waals surface area contributed by atoms with Crippen LogP contribution in [0, 0.1) is 5.41 Å². The van der Waals surface area contributed by atoms with Crippen molar-refractivity contribution in [3.63, 3.8) is 0 Å². The number of nitrogens with one attached hydrogen (secondary N) is 3. The number of benzene rings is 1. The summed E-state index contributed by atoms with van der Waals surface area (Å²) in [4.78, 5) is 20.8. The van der Waals surface area contributed by atoms with E-state index >= 15 is 0 Å². The van der Waals surface area contributed by atoms with Crippen LogP contribution in [0.4, 0.5) is 10.5 Å². The molecule has 8 nitrogen and oxygen atoms in total. The lowest BCUT2D eigenvalue weighted by Gasteiger charge is -2.35. The summed E-state index contributed by atoms with van der Waals surface area (Å²) in [5.74, 6) is 0.856. The Balaban J connectivity index is 1.87. The molecular formula is C18H22N6O2. The molecule has 2 heterocycles. The van der Waals surface area contributed by atoms with E-state index in [1.54, 1.807) is 24.3 Å². The summed E-state index contributed by atoms with van der Waals surface area (Å²) in [6, 6.07) is 10.2. The van der Waals surface area contributed by atoms with Gasteiger partial charge in [0.05, 0.1) is 24.9 Å². The third kappa shape index (κ3) is 4.09. The Hall–Kier alpha value is -3.13. The van der Waals surface area contributed by atoms with Crippen LogP contribution >= 0.6 is 0 Å². The van der Waals surface area contributed by atoms with Gasteiger partial charge in [-0.1, -0.05) is 0 Å². The number of nitrogens with two attached hydrogens (primary N) is 1. The molecule has 26 heavy (non-hydrogen) atoms. The number of H-pyrrole nitrogens is 1. The number of nitrogens with zero attached hydrogens (tertiary/aromatic N) is 2. The summed E-state index contributed by atoms with van der Waals surface area (Å²) >= 11 is 0. The average Bonchev–Trinajstić information content (AvgIpc) is 3.15. The number of ether oxygens (including phenoxy) is 1. The molecule has 0 aliphatic carbocycles. The minimum absolute atomic E-state index is 0.138. The van der Waals surface area contributed by atoms with Crippen LogP contribution in [0.15, 0.2) is 47.6 Å². The number of amides is 2. The van der Waals surface area contributed by atoms with Gasteiger partial charge in [-0.2, -0.15) is 0 Å². The van der Waals surface area contributed by atoms with Gasteiger partial charge in [0, 0.05) is 24.0 Å². The number of urea groups is 1. The Labute approximate surface area is 151 Å². The Bertz CT molecular complexity index is 798. The zero-order valence-corrected chi connectivity index (χ0v) is 14.5. The Morgan fingerprint density at radius 1 is 1.38 bits per heavy atom. The standard InChI is InChI=1S/C18H22N6O2/c1-12-11-26-10-9-24(12)17(15-3-2-8-21-15)23-16(19)13-4-6-14(7-5-13)22-18(20)25/h2-8,12,19,21H,9-11H2,1H3,(H3,20,22,25)/t12-/m1/s1. The number of carbonyl (C=O) groups is 1. The summed E-state index contributed by atoms with van der Waals surface area (Å²) < 4.78 is 5.51. The zero-order chi connectivity index (χ0) is 18.5. The van der Waals surface area contributed by atoms with Gasteiger partial charge in [0.25, 0.3) is 0 Å². The van der Waals surface area contributed by atoms with E-state index in [2.05, 4.69) is 27.1 Å². The number of hydrogen-bond acceptors (Lipinski definition) is 3. The van der Waals surface area contributed by atoms with Crippen LogP contribution in [0.3, 0.4) is 0 Å². The first kappa shape index (κ1) is 17.7. The molecule has 0 saturated carbocycles. The van der Waals surface area contributed by atoms with Crippen molar-refractivity contribution in [1.82, 2.24) is 9.88 Å². The van der Waals surface area contributed by atoms with E-state index in [1.807, 2.05) is 18.3 Å². The zero-order valence-electron chi connectivity index (χ0n) is 14.5. The van der Waals surface area contributed by atoms with Gasteiger partial charge in [-0.25, -0.2) is 9.79 Å². The van der Waals surface area contributed by atoms with Crippen LogP contribution in [0.1, 0.15) is 18.2 Å². The Kier molecular flexibility index (Phi) is 5.33. The lowest BCUT2D eigenvalue weighted by molar-refractivity contribution is 0.0335. The quantitative estimate of drug-likeness (QED) is 0.498. The van der Waals surface area contributed by atoms with E-state index in [9.17, 15) is 4.79 Å². The minimum Gasteiger partial charge on any atom is -0.377 e. The van der Waals surface area contributed by atoms with E-state index < -0.39 is 6.03 Å². The van der Waals surface area contributed by atoms with Crippen molar-refractivity contribution in [2.45, 2.75) is 13.0 Å². The normalized spacial score (nSPS) is 17.8. The molecule has 1 aliphatic heterocycles. The minimum atomic E-state index is -0.624. The van der Waals surface area contributed by atoms with Crippen molar-refractivity contribution in [1.29, 1.82) is 5.41 Å². The van der Waals surface area contributed by atoms with Crippen LogP contribution in [0.5, 0.6) is 0 Å². The lowest BCUT2D eigenvalue weighted by Crippen LogP contribution is -2.47. The van der Waals surface area contributed by atoms with Crippen molar-refractivity contribution in [3.8, 4) is 0 Å². The van der Waals surface area contributed by atoms with E-state index in [1.165, 1.54) is 0 Å². The third-order valence-electron chi connectivity index (χ3n) is 4.12. The number of aromatic nitrogens is 1. The number of rotatable bonds is 3. The molecule has 3 rings (SSSR count). The molecule has 1 saturated heterocycles. The predicted octanol–water partition coefficient (Wildman–Crippen LogP) is 2.00. The summed E-state index contributed by atoms with van der Waals surface area (Å²) in [6.45, 7) is 4.05. The molecule has 0 unspecified atom stereocenters. The second-order valence-electron chi connectivity index (χ2n) is 6.05. The first-order valence-corrected chi connectivity index (χ1v) is 8.37. The van der Waals surface area contributed by atoms with Crippen LogP contribution in [-0.2, 0) is 4.74 Å². The molecule has 1 aromatic heterocycles. The highest BCUT2D eigenvalue weighted by molar-refractivity contribution is 6.10. The number of primary amides is 1. The van der Waals surface area contributed by atoms with Gasteiger partial charge in [0.15, 0.2) is 11.7 Å². The molecule has 1 aliphatic rings. The number of hydrogen-bond donors (Lipinski definition) is 4. The summed E-state index contributed by atoms with van der Waals surface area (Å²) in [7, 11) is 0. The molecule has 0 bridgehead atoms. The summed E-state index contributed by atoms with van der Waals surface area (Å²) in [5, 5.41) is 10.9. The first-order chi connectivity index (χ1) is 12.5. The number of anilines is 1. The number of carbonyl (C=O) groups excluding carboxylic acids is 1. The molecular weight excluding hydrogens is 332 g/mol. The highest BCUT2D eigenvalue weighted by Gasteiger charge is 2.24. The van der Waals surface area contributed by atoms with Gasteiger partial charge >= 0.3 is 6.03 Å². The van der Waals surface area contributed by atoms with Crippen LogP contribution in [0.2, 0.25) is 0 Å². The van der Waals surface area contributed by atoms with Crippen molar-refractivity contribution < 1.29 is 9.53 Å². The van der Waals surface area contributed by atoms with E-state index in [-0.39, 0.29) is 11.9 Å². The number of morpholine rings is 1. The van der Waals surface area contributed by atoms with Gasteiger partial charge in [-0.3, -0.25) is 5.41 Å².